The lowest BCUT2D eigenvalue weighted by molar-refractivity contribution is 0.604. The number of benzene rings is 2. The highest BCUT2D eigenvalue weighted by molar-refractivity contribution is 5.80. The summed E-state index contributed by atoms with van der Waals surface area (Å²) in [7, 11) is 1.73. The molecule has 0 aromatic heterocycles. The Morgan fingerprint density at radius 3 is 2.59 bits per heavy atom. The van der Waals surface area contributed by atoms with E-state index in [-0.39, 0.29) is 5.82 Å². The van der Waals surface area contributed by atoms with E-state index in [2.05, 4.69) is 39.9 Å². The van der Waals surface area contributed by atoms with E-state index >= 15 is 0 Å². The minimum absolute atomic E-state index is 0.195. The third kappa shape index (κ3) is 3.45. The summed E-state index contributed by atoms with van der Waals surface area (Å²) in [5, 5.41) is 6.56. The van der Waals surface area contributed by atoms with E-state index in [0.717, 1.165) is 6.42 Å². The van der Waals surface area contributed by atoms with Crippen LogP contribution in [0.5, 0.6) is 0 Å². The molecule has 0 radical (unpaired) electrons. The Balaban J connectivity index is 1.53. The highest BCUT2D eigenvalue weighted by atomic mass is 19.1. The molecule has 4 heteroatoms. The molecule has 114 valence electrons. The van der Waals surface area contributed by atoms with Crippen LogP contribution in [0.3, 0.4) is 0 Å². The van der Waals surface area contributed by atoms with E-state index in [1.54, 1.807) is 19.2 Å². The Bertz CT molecular complexity index is 654. The van der Waals surface area contributed by atoms with E-state index in [9.17, 15) is 4.39 Å². The van der Waals surface area contributed by atoms with Crippen molar-refractivity contribution < 1.29 is 4.39 Å². The van der Waals surface area contributed by atoms with Gasteiger partial charge in [0.25, 0.3) is 0 Å². The molecule has 2 aromatic rings. The van der Waals surface area contributed by atoms with Crippen LogP contribution in [0.1, 0.15) is 23.5 Å². The van der Waals surface area contributed by atoms with Gasteiger partial charge in [0, 0.05) is 31.1 Å². The van der Waals surface area contributed by atoms with Crippen LogP contribution in [0.25, 0.3) is 0 Å². The lowest BCUT2D eigenvalue weighted by Gasteiger charge is -2.12. The molecule has 1 aliphatic rings. The molecule has 1 saturated carbocycles. The van der Waals surface area contributed by atoms with Gasteiger partial charge in [-0.05, 0) is 18.1 Å². The van der Waals surface area contributed by atoms with Crippen LogP contribution in [-0.2, 0) is 6.54 Å². The molecule has 0 aliphatic heterocycles. The van der Waals surface area contributed by atoms with Gasteiger partial charge in [-0.1, -0.05) is 48.5 Å². The van der Waals surface area contributed by atoms with Gasteiger partial charge in [0.15, 0.2) is 5.96 Å². The molecular weight excluding hydrogens is 277 g/mol. The Morgan fingerprint density at radius 1 is 1.14 bits per heavy atom. The second kappa shape index (κ2) is 6.60. The average molecular weight is 297 g/mol. The van der Waals surface area contributed by atoms with Crippen molar-refractivity contribution in [2.24, 2.45) is 4.99 Å². The van der Waals surface area contributed by atoms with Gasteiger partial charge in [-0.25, -0.2) is 4.39 Å². The number of guanidine groups is 1. The highest BCUT2D eigenvalue weighted by Crippen LogP contribution is 2.40. The first-order chi connectivity index (χ1) is 10.8. The van der Waals surface area contributed by atoms with Crippen LogP contribution >= 0.6 is 0 Å². The van der Waals surface area contributed by atoms with Crippen molar-refractivity contribution in [3.8, 4) is 0 Å². The van der Waals surface area contributed by atoms with Crippen molar-refractivity contribution >= 4 is 5.96 Å². The molecular formula is C18H20FN3. The zero-order chi connectivity index (χ0) is 15.4. The summed E-state index contributed by atoms with van der Waals surface area (Å²) in [5.41, 5.74) is 1.99. The van der Waals surface area contributed by atoms with Gasteiger partial charge >= 0.3 is 0 Å². The quantitative estimate of drug-likeness (QED) is 0.672. The van der Waals surface area contributed by atoms with Crippen LogP contribution in [0, 0.1) is 5.82 Å². The Hall–Kier alpha value is -2.36. The summed E-state index contributed by atoms with van der Waals surface area (Å²) in [6.45, 7) is 0.426. The summed E-state index contributed by atoms with van der Waals surface area (Å²) in [5.74, 6) is 1.05. The lowest BCUT2D eigenvalue weighted by Crippen LogP contribution is -2.38. The first-order valence-corrected chi connectivity index (χ1v) is 7.53. The zero-order valence-electron chi connectivity index (χ0n) is 12.6. The molecule has 0 amide bonds. The second-order valence-electron chi connectivity index (χ2n) is 5.52. The van der Waals surface area contributed by atoms with Gasteiger partial charge < -0.3 is 10.6 Å². The van der Waals surface area contributed by atoms with E-state index < -0.39 is 0 Å². The van der Waals surface area contributed by atoms with Crippen molar-refractivity contribution in [1.29, 1.82) is 0 Å². The predicted molar refractivity (Wildman–Crippen MR) is 87.3 cm³/mol. The molecule has 2 N–H and O–H groups in total. The third-order valence-electron chi connectivity index (χ3n) is 3.97. The number of halogens is 1. The minimum atomic E-state index is -0.195. The second-order valence-corrected chi connectivity index (χ2v) is 5.52. The number of hydrogen-bond donors (Lipinski definition) is 2. The fourth-order valence-corrected chi connectivity index (χ4v) is 2.61. The van der Waals surface area contributed by atoms with Gasteiger partial charge in [-0.2, -0.15) is 0 Å². The predicted octanol–water partition coefficient (Wildman–Crippen LogP) is 3.05. The number of nitrogens with one attached hydrogen (secondary N) is 2. The molecule has 0 saturated heterocycles. The fraction of sp³-hybridized carbons (Fsp3) is 0.278. The molecule has 1 aliphatic carbocycles. The summed E-state index contributed by atoms with van der Waals surface area (Å²) in [6, 6.07) is 17.6. The van der Waals surface area contributed by atoms with Crippen LogP contribution < -0.4 is 10.6 Å². The smallest absolute Gasteiger partial charge is 0.191 e. The highest BCUT2D eigenvalue weighted by Gasteiger charge is 2.38. The van der Waals surface area contributed by atoms with Gasteiger partial charge in [-0.3, -0.25) is 4.99 Å². The van der Waals surface area contributed by atoms with Crippen LogP contribution in [0.4, 0.5) is 4.39 Å². The third-order valence-corrected chi connectivity index (χ3v) is 3.97. The molecule has 22 heavy (non-hydrogen) atoms. The van der Waals surface area contributed by atoms with Crippen molar-refractivity contribution in [3.05, 3.63) is 71.5 Å². The minimum Gasteiger partial charge on any atom is -0.353 e. The lowest BCUT2D eigenvalue weighted by atomic mass is 10.1. The summed E-state index contributed by atoms with van der Waals surface area (Å²) in [4.78, 5) is 4.21. The van der Waals surface area contributed by atoms with Crippen LogP contribution in [0.2, 0.25) is 0 Å². The molecule has 1 fully saturated rings. The molecule has 3 rings (SSSR count). The van der Waals surface area contributed by atoms with Gasteiger partial charge in [-0.15, -0.1) is 0 Å². The Labute approximate surface area is 130 Å². The van der Waals surface area contributed by atoms with E-state index in [0.29, 0.717) is 30.0 Å². The van der Waals surface area contributed by atoms with Gasteiger partial charge in [0.05, 0.1) is 0 Å². The van der Waals surface area contributed by atoms with Crippen molar-refractivity contribution in [1.82, 2.24) is 10.6 Å². The first-order valence-electron chi connectivity index (χ1n) is 7.53. The number of aliphatic imine (C=N–C) groups is 1. The summed E-state index contributed by atoms with van der Waals surface area (Å²) >= 11 is 0. The van der Waals surface area contributed by atoms with Gasteiger partial charge in [0.2, 0.25) is 0 Å². The maximum atomic E-state index is 13.6. The maximum Gasteiger partial charge on any atom is 0.191 e. The maximum absolute atomic E-state index is 13.6. The topological polar surface area (TPSA) is 36.4 Å². The summed E-state index contributed by atoms with van der Waals surface area (Å²) < 4.78 is 13.6. The van der Waals surface area contributed by atoms with Crippen molar-refractivity contribution in [3.63, 3.8) is 0 Å². The van der Waals surface area contributed by atoms with Crippen molar-refractivity contribution in [2.45, 2.75) is 24.9 Å². The Morgan fingerprint density at radius 2 is 1.86 bits per heavy atom. The Kier molecular flexibility index (Phi) is 4.37. The van der Waals surface area contributed by atoms with Crippen molar-refractivity contribution in [2.75, 3.05) is 7.05 Å². The fourth-order valence-electron chi connectivity index (χ4n) is 2.61. The normalized spacial score (nSPS) is 20.5. The van der Waals surface area contributed by atoms with E-state index in [1.165, 1.54) is 11.6 Å². The summed E-state index contributed by atoms with van der Waals surface area (Å²) in [6.07, 6.45) is 1.10. The zero-order valence-corrected chi connectivity index (χ0v) is 12.6. The first kappa shape index (κ1) is 14.6. The monoisotopic (exact) mass is 297 g/mol. The molecule has 3 nitrogen and oxygen atoms in total. The van der Waals surface area contributed by atoms with E-state index in [1.807, 2.05) is 12.1 Å². The standard InChI is InChI=1S/C18H20FN3/c1-20-18(21-12-14-9-5-6-10-16(14)19)22-17-11-15(17)13-7-3-2-4-8-13/h2-10,15,17H,11-12H2,1H3,(H2,20,21,22). The molecule has 2 atom stereocenters. The number of rotatable bonds is 4. The number of hydrogen-bond acceptors (Lipinski definition) is 1. The molecule has 2 aromatic carbocycles. The average Bonchev–Trinajstić information content (AvgIpc) is 3.33. The van der Waals surface area contributed by atoms with Crippen LogP contribution in [0.15, 0.2) is 59.6 Å². The largest absolute Gasteiger partial charge is 0.353 e. The molecule has 2 unspecified atom stereocenters. The van der Waals surface area contributed by atoms with Crippen LogP contribution in [-0.4, -0.2) is 19.0 Å². The molecule has 0 spiro atoms. The van der Waals surface area contributed by atoms with E-state index in [4.69, 9.17) is 0 Å². The molecule has 0 heterocycles. The number of nitrogens with zero attached hydrogens (tertiary/aromatic N) is 1. The SMILES string of the molecule is CN=C(NCc1ccccc1F)NC1CC1c1ccccc1. The molecule has 0 bridgehead atoms. The van der Waals surface area contributed by atoms with Gasteiger partial charge in [0.1, 0.15) is 5.82 Å².